The van der Waals surface area contributed by atoms with E-state index in [0.29, 0.717) is 25.7 Å². The van der Waals surface area contributed by atoms with Crippen LogP contribution in [0.15, 0.2) is 0 Å². The normalized spacial score (nSPS) is 54.6. The predicted octanol–water partition coefficient (Wildman–Crippen LogP) is 1.44. The van der Waals surface area contributed by atoms with Gasteiger partial charge in [-0.05, 0) is 78.9 Å². The maximum atomic E-state index is 12.3. The van der Waals surface area contributed by atoms with Crippen LogP contribution < -0.4 is 0 Å². The molecule has 4 aliphatic rings. The van der Waals surface area contributed by atoms with Crippen LogP contribution in [0.25, 0.3) is 0 Å². The molecule has 0 aromatic carbocycles. The number of fused-ring (bicyclic) bond motifs is 5. The van der Waals surface area contributed by atoms with Crippen molar-refractivity contribution in [2.24, 2.45) is 46.3 Å². The third kappa shape index (κ3) is 3.72. The van der Waals surface area contributed by atoms with Gasteiger partial charge in [0.25, 0.3) is 0 Å². The largest absolute Gasteiger partial charge is 0.396 e. The van der Waals surface area contributed by atoms with Crippen molar-refractivity contribution in [2.45, 2.75) is 115 Å². The summed E-state index contributed by atoms with van der Waals surface area (Å²) in [6.45, 7) is 8.38. The summed E-state index contributed by atoms with van der Waals surface area (Å²) in [5.41, 5.74) is -2.74. The van der Waals surface area contributed by atoms with Gasteiger partial charge in [-0.15, -0.1) is 0 Å². The zero-order valence-corrected chi connectivity index (χ0v) is 21.3. The second-order valence-corrected chi connectivity index (χ2v) is 13.1. The summed E-state index contributed by atoms with van der Waals surface area (Å²) in [6, 6.07) is 0. The van der Waals surface area contributed by atoms with E-state index in [9.17, 15) is 35.7 Å². The van der Waals surface area contributed by atoms with Crippen molar-refractivity contribution < 1.29 is 35.7 Å². The number of hydrogen-bond acceptors (Lipinski definition) is 7. The van der Waals surface area contributed by atoms with Gasteiger partial charge in [-0.25, -0.2) is 0 Å². The monoisotopic (exact) mass is 484 g/mol. The Labute approximate surface area is 204 Å². The van der Waals surface area contributed by atoms with E-state index >= 15 is 0 Å². The topological polar surface area (TPSA) is 142 Å². The summed E-state index contributed by atoms with van der Waals surface area (Å²) in [6.07, 6.45) is 0.370. The van der Waals surface area contributed by atoms with Gasteiger partial charge in [0, 0.05) is 12.5 Å². The summed E-state index contributed by atoms with van der Waals surface area (Å²) >= 11 is 0. The molecule has 0 amide bonds. The third-order valence-corrected chi connectivity index (χ3v) is 11.2. The van der Waals surface area contributed by atoms with Crippen LogP contribution in [0.4, 0.5) is 0 Å². The van der Waals surface area contributed by atoms with Crippen LogP contribution >= 0.6 is 0 Å². The molecule has 4 rings (SSSR count). The standard InChI is InChI=1S/C27H48O7/c1-14(13-28)6-5-7-15(2)19-21(31)22(32)23-26(19,4)11-9-18-25(3)10-8-16(29)12-17(25)20(30)24(33)27(18,23)34/h14-24,28-34H,5-13H2,1-4H3/t14-,15+,16-,17+,18+,19-,20+,21+,22+,23+,24+,25-,26+,27-/m0/s1. The van der Waals surface area contributed by atoms with Crippen molar-refractivity contribution in [3.63, 3.8) is 0 Å². The molecule has 4 fully saturated rings. The summed E-state index contributed by atoms with van der Waals surface area (Å²) in [5, 5.41) is 77.2. The number of aliphatic hydroxyl groups excluding tert-OH is 6. The van der Waals surface area contributed by atoms with Crippen LogP contribution in [0.3, 0.4) is 0 Å². The van der Waals surface area contributed by atoms with E-state index < -0.39 is 52.9 Å². The zero-order chi connectivity index (χ0) is 25.2. The maximum Gasteiger partial charge on any atom is 0.109 e. The summed E-state index contributed by atoms with van der Waals surface area (Å²) in [7, 11) is 0. The molecule has 0 unspecified atom stereocenters. The van der Waals surface area contributed by atoms with Crippen LogP contribution in [0.1, 0.15) is 79.1 Å². The number of rotatable bonds is 6. The molecule has 4 aliphatic carbocycles. The lowest BCUT2D eigenvalue weighted by molar-refractivity contribution is -0.309. The molecule has 0 aromatic rings. The Morgan fingerprint density at radius 2 is 1.50 bits per heavy atom. The van der Waals surface area contributed by atoms with Crippen LogP contribution in [-0.2, 0) is 0 Å². The molecule has 34 heavy (non-hydrogen) atoms. The molecule has 0 aromatic heterocycles. The molecule has 0 spiro atoms. The Morgan fingerprint density at radius 3 is 2.15 bits per heavy atom. The molecule has 0 radical (unpaired) electrons. The van der Waals surface area contributed by atoms with E-state index in [0.717, 1.165) is 25.7 Å². The Kier molecular flexibility index (Phi) is 7.27. The van der Waals surface area contributed by atoms with E-state index in [1.54, 1.807) is 0 Å². The molecule has 0 heterocycles. The van der Waals surface area contributed by atoms with Crippen molar-refractivity contribution in [2.75, 3.05) is 6.61 Å². The van der Waals surface area contributed by atoms with Gasteiger partial charge in [-0.3, -0.25) is 0 Å². The van der Waals surface area contributed by atoms with Gasteiger partial charge >= 0.3 is 0 Å². The second-order valence-electron chi connectivity index (χ2n) is 13.1. The minimum absolute atomic E-state index is 0.101. The first-order chi connectivity index (χ1) is 15.8. The first kappa shape index (κ1) is 26.8. The van der Waals surface area contributed by atoms with E-state index in [4.69, 9.17) is 0 Å². The highest BCUT2D eigenvalue weighted by Gasteiger charge is 2.75. The van der Waals surface area contributed by atoms with E-state index in [1.165, 1.54) is 0 Å². The van der Waals surface area contributed by atoms with Crippen molar-refractivity contribution in [3.8, 4) is 0 Å². The Balaban J connectivity index is 1.66. The fraction of sp³-hybridized carbons (Fsp3) is 1.00. The lowest BCUT2D eigenvalue weighted by Crippen LogP contribution is -2.75. The molecule has 14 atom stereocenters. The Bertz CT molecular complexity index is 734. The minimum atomic E-state index is -1.71. The zero-order valence-electron chi connectivity index (χ0n) is 21.3. The maximum absolute atomic E-state index is 12.3. The van der Waals surface area contributed by atoms with Crippen molar-refractivity contribution in [1.82, 2.24) is 0 Å². The van der Waals surface area contributed by atoms with Crippen LogP contribution in [0.2, 0.25) is 0 Å². The highest BCUT2D eigenvalue weighted by molar-refractivity contribution is 5.24. The second kappa shape index (κ2) is 9.23. The molecule has 0 saturated heterocycles. The van der Waals surface area contributed by atoms with Gasteiger partial charge in [0.1, 0.15) is 11.7 Å². The summed E-state index contributed by atoms with van der Waals surface area (Å²) < 4.78 is 0. The average Bonchev–Trinajstić information content (AvgIpc) is 2.99. The third-order valence-electron chi connectivity index (χ3n) is 11.2. The van der Waals surface area contributed by atoms with Gasteiger partial charge in [-0.2, -0.15) is 0 Å². The SMILES string of the molecule is C[C@H](CO)CCC[C@@H](C)[C@H]1[C@@H](O)[C@@H](O)[C@@H]2[C@]1(C)CC[C@@H]1[C@@]3(C)CC[C@H](O)C[C@@H]3[C@@H](O)[C@@H](O)[C@]12O. The van der Waals surface area contributed by atoms with Crippen LogP contribution in [0, 0.1) is 46.3 Å². The van der Waals surface area contributed by atoms with Gasteiger partial charge < -0.3 is 35.7 Å². The van der Waals surface area contributed by atoms with Crippen LogP contribution in [-0.4, -0.2) is 78.5 Å². The minimum Gasteiger partial charge on any atom is -0.396 e. The van der Waals surface area contributed by atoms with Crippen molar-refractivity contribution in [1.29, 1.82) is 0 Å². The fourth-order valence-electron chi connectivity index (χ4n) is 9.52. The van der Waals surface area contributed by atoms with Crippen LogP contribution in [0.5, 0.6) is 0 Å². The summed E-state index contributed by atoms with van der Waals surface area (Å²) in [5.74, 6) is -1.28. The highest BCUT2D eigenvalue weighted by Crippen LogP contribution is 2.69. The molecule has 7 heteroatoms. The van der Waals surface area contributed by atoms with E-state index in [2.05, 4.69) is 13.8 Å². The molecule has 7 nitrogen and oxygen atoms in total. The molecular weight excluding hydrogens is 436 g/mol. The van der Waals surface area contributed by atoms with Gasteiger partial charge in [-0.1, -0.05) is 40.5 Å². The van der Waals surface area contributed by atoms with E-state index in [-0.39, 0.29) is 36.2 Å². The average molecular weight is 485 g/mol. The van der Waals surface area contributed by atoms with Gasteiger partial charge in [0.2, 0.25) is 0 Å². The lowest BCUT2D eigenvalue weighted by atomic mass is 9.41. The Hall–Kier alpha value is -0.280. The molecule has 7 N–H and O–H groups in total. The quantitative estimate of drug-likeness (QED) is 0.302. The Morgan fingerprint density at radius 1 is 0.853 bits per heavy atom. The lowest BCUT2D eigenvalue weighted by Gasteiger charge is -2.67. The molecule has 198 valence electrons. The molecule has 0 aliphatic heterocycles. The smallest absolute Gasteiger partial charge is 0.109 e. The fourth-order valence-corrected chi connectivity index (χ4v) is 9.52. The van der Waals surface area contributed by atoms with Crippen molar-refractivity contribution >= 4 is 0 Å². The van der Waals surface area contributed by atoms with E-state index in [1.807, 2.05) is 13.8 Å². The highest BCUT2D eigenvalue weighted by atomic mass is 16.4. The predicted molar refractivity (Wildman–Crippen MR) is 128 cm³/mol. The summed E-state index contributed by atoms with van der Waals surface area (Å²) in [4.78, 5) is 0. The number of aliphatic hydroxyl groups is 7. The first-order valence-corrected chi connectivity index (χ1v) is 13.6. The number of hydrogen-bond donors (Lipinski definition) is 7. The molecular formula is C27H48O7. The van der Waals surface area contributed by atoms with Crippen molar-refractivity contribution in [3.05, 3.63) is 0 Å². The molecule has 4 saturated carbocycles. The van der Waals surface area contributed by atoms with Gasteiger partial charge in [0.05, 0.1) is 24.4 Å². The van der Waals surface area contributed by atoms with Gasteiger partial charge in [0.15, 0.2) is 0 Å². The first-order valence-electron chi connectivity index (χ1n) is 13.6. The molecule has 0 bridgehead atoms.